The molecule has 1 aromatic rings. The zero-order valence-corrected chi connectivity index (χ0v) is 11.0. The maximum Gasteiger partial charge on any atom is 0.490 e. The molecule has 1 aromatic heterocycles. The van der Waals surface area contributed by atoms with Gasteiger partial charge >= 0.3 is 12.1 Å². The Morgan fingerprint density at radius 2 is 2.00 bits per heavy atom. The van der Waals surface area contributed by atoms with Gasteiger partial charge in [-0.05, 0) is 13.8 Å². The van der Waals surface area contributed by atoms with Gasteiger partial charge in [-0.15, -0.1) is 0 Å². The predicted molar refractivity (Wildman–Crippen MR) is 62.8 cm³/mol. The zero-order valence-electron chi connectivity index (χ0n) is 11.0. The van der Waals surface area contributed by atoms with E-state index in [1.54, 1.807) is 13.8 Å². The minimum absolute atomic E-state index is 0.556. The first-order valence-electron chi connectivity index (χ1n) is 5.77. The van der Waals surface area contributed by atoms with Crippen molar-refractivity contribution in [3.63, 3.8) is 0 Å². The van der Waals surface area contributed by atoms with Gasteiger partial charge in [-0.1, -0.05) is 0 Å². The average molecular weight is 295 g/mol. The molecular weight excluding hydrogens is 279 g/mol. The first kappa shape index (κ1) is 16.4. The maximum atomic E-state index is 10.6. The van der Waals surface area contributed by atoms with Gasteiger partial charge in [0.2, 0.25) is 0 Å². The Morgan fingerprint density at radius 3 is 2.40 bits per heavy atom. The van der Waals surface area contributed by atoms with Crippen LogP contribution in [0.25, 0.3) is 0 Å². The van der Waals surface area contributed by atoms with E-state index in [1.807, 2.05) is 10.9 Å². The standard InChI is InChI=1S/C9H15N3O.C2HF3O2/c1-9(2,13)6-12-5-7-3-10-4-8(7)11-12;3-2(4,5)1(6)7/h5,10,13H,3-4,6H2,1-2H3;(H,6,7). The molecule has 0 aromatic carbocycles. The van der Waals surface area contributed by atoms with Crippen LogP contribution in [0, 0.1) is 0 Å². The third-order valence-corrected chi connectivity index (χ3v) is 2.32. The van der Waals surface area contributed by atoms with Crippen molar-refractivity contribution in [3.8, 4) is 0 Å². The fourth-order valence-corrected chi connectivity index (χ4v) is 1.59. The number of fused-ring (bicyclic) bond motifs is 1. The summed E-state index contributed by atoms with van der Waals surface area (Å²) in [5.41, 5.74) is 1.68. The number of carbonyl (C=O) groups is 1. The number of rotatable bonds is 2. The van der Waals surface area contributed by atoms with Crippen LogP contribution in [-0.4, -0.2) is 37.7 Å². The Balaban J connectivity index is 0.000000246. The van der Waals surface area contributed by atoms with Crippen LogP contribution in [0.2, 0.25) is 0 Å². The molecule has 0 amide bonds. The Kier molecular flexibility index (Phi) is 4.77. The summed E-state index contributed by atoms with van der Waals surface area (Å²) in [5, 5.41) is 24.3. The van der Waals surface area contributed by atoms with Crippen LogP contribution in [0.5, 0.6) is 0 Å². The highest BCUT2D eigenvalue weighted by molar-refractivity contribution is 5.73. The number of aromatic nitrogens is 2. The second kappa shape index (κ2) is 5.80. The van der Waals surface area contributed by atoms with Gasteiger partial charge in [-0.25, -0.2) is 4.79 Å². The molecule has 6 nitrogen and oxygen atoms in total. The van der Waals surface area contributed by atoms with Gasteiger partial charge in [0.1, 0.15) is 0 Å². The fraction of sp³-hybridized carbons (Fsp3) is 0.636. The van der Waals surface area contributed by atoms with Crippen molar-refractivity contribution < 1.29 is 28.2 Å². The van der Waals surface area contributed by atoms with Crippen molar-refractivity contribution >= 4 is 5.97 Å². The number of nitrogens with one attached hydrogen (secondary N) is 1. The maximum absolute atomic E-state index is 10.6. The number of carboxylic acid groups (broad SMARTS) is 1. The van der Waals surface area contributed by atoms with Gasteiger partial charge in [-0.2, -0.15) is 18.3 Å². The Morgan fingerprint density at radius 1 is 1.45 bits per heavy atom. The van der Waals surface area contributed by atoms with E-state index in [0.717, 1.165) is 18.8 Å². The highest BCUT2D eigenvalue weighted by atomic mass is 19.4. The lowest BCUT2D eigenvalue weighted by molar-refractivity contribution is -0.192. The molecule has 2 rings (SSSR count). The molecule has 0 saturated carbocycles. The molecule has 1 aliphatic rings. The monoisotopic (exact) mass is 295 g/mol. The minimum atomic E-state index is -5.08. The number of aliphatic carboxylic acids is 1. The molecule has 3 N–H and O–H groups in total. The second-order valence-electron chi connectivity index (χ2n) is 5.02. The summed E-state index contributed by atoms with van der Waals surface area (Å²) >= 11 is 0. The van der Waals surface area contributed by atoms with Crippen molar-refractivity contribution in [1.82, 2.24) is 15.1 Å². The number of hydrogen-bond acceptors (Lipinski definition) is 4. The Bertz CT molecular complexity index is 456. The van der Waals surface area contributed by atoms with Crippen molar-refractivity contribution in [2.45, 2.75) is 45.3 Å². The van der Waals surface area contributed by atoms with Crippen molar-refractivity contribution in [3.05, 3.63) is 17.5 Å². The van der Waals surface area contributed by atoms with Crippen LogP contribution in [0.3, 0.4) is 0 Å². The van der Waals surface area contributed by atoms with E-state index in [1.165, 1.54) is 5.56 Å². The number of aliphatic hydroxyl groups is 1. The van der Waals surface area contributed by atoms with E-state index >= 15 is 0 Å². The van der Waals surface area contributed by atoms with Gasteiger partial charge in [-0.3, -0.25) is 4.68 Å². The number of carboxylic acids is 1. The molecule has 20 heavy (non-hydrogen) atoms. The minimum Gasteiger partial charge on any atom is -0.475 e. The summed E-state index contributed by atoms with van der Waals surface area (Å²) in [6.07, 6.45) is -3.08. The van der Waals surface area contributed by atoms with Crippen LogP contribution >= 0.6 is 0 Å². The Hall–Kier alpha value is -1.61. The third kappa shape index (κ3) is 5.17. The van der Waals surface area contributed by atoms with Crippen molar-refractivity contribution in [2.24, 2.45) is 0 Å². The topological polar surface area (TPSA) is 87.4 Å². The van der Waals surface area contributed by atoms with Crippen LogP contribution in [0.1, 0.15) is 25.1 Å². The quantitative estimate of drug-likeness (QED) is 0.754. The molecule has 0 atom stereocenters. The summed E-state index contributed by atoms with van der Waals surface area (Å²) < 4.78 is 33.6. The van der Waals surface area contributed by atoms with Crippen molar-refractivity contribution in [2.75, 3.05) is 0 Å². The molecule has 0 aliphatic carbocycles. The fourth-order valence-electron chi connectivity index (χ4n) is 1.59. The highest BCUT2D eigenvalue weighted by Crippen LogP contribution is 2.14. The van der Waals surface area contributed by atoms with Gasteiger partial charge in [0.05, 0.1) is 17.8 Å². The predicted octanol–water partition coefficient (Wildman–Crippen LogP) is 0.890. The van der Waals surface area contributed by atoms with Gasteiger partial charge < -0.3 is 15.5 Å². The normalized spacial score (nSPS) is 14.5. The molecule has 9 heteroatoms. The van der Waals surface area contributed by atoms with E-state index in [0.29, 0.717) is 6.54 Å². The van der Waals surface area contributed by atoms with E-state index in [-0.39, 0.29) is 0 Å². The van der Waals surface area contributed by atoms with Gasteiger partial charge in [0.15, 0.2) is 0 Å². The lowest BCUT2D eigenvalue weighted by Gasteiger charge is -2.16. The van der Waals surface area contributed by atoms with Gasteiger partial charge in [0.25, 0.3) is 0 Å². The molecule has 2 heterocycles. The molecule has 0 bridgehead atoms. The van der Waals surface area contributed by atoms with Crippen molar-refractivity contribution in [1.29, 1.82) is 0 Å². The van der Waals surface area contributed by atoms with E-state index in [2.05, 4.69) is 10.4 Å². The molecule has 0 spiro atoms. The molecule has 0 fully saturated rings. The number of halogens is 3. The van der Waals surface area contributed by atoms with Crippen LogP contribution < -0.4 is 5.32 Å². The van der Waals surface area contributed by atoms with Crippen LogP contribution in [0.15, 0.2) is 6.20 Å². The number of nitrogens with zero attached hydrogens (tertiary/aromatic N) is 2. The number of alkyl halides is 3. The van der Waals surface area contributed by atoms with E-state index in [9.17, 15) is 18.3 Å². The first-order chi connectivity index (χ1) is 8.99. The molecule has 1 aliphatic heterocycles. The molecule has 0 unspecified atom stereocenters. The van der Waals surface area contributed by atoms with Gasteiger partial charge in [0, 0.05) is 24.8 Å². The summed E-state index contributed by atoms with van der Waals surface area (Å²) in [6, 6.07) is 0. The molecule has 0 saturated heterocycles. The SMILES string of the molecule is CC(C)(O)Cn1cc2c(n1)CNC2.O=C(O)C(F)(F)F. The summed E-state index contributed by atoms with van der Waals surface area (Å²) in [4.78, 5) is 8.90. The van der Waals surface area contributed by atoms with Crippen LogP contribution in [0.4, 0.5) is 13.2 Å². The molecule has 0 radical (unpaired) electrons. The highest BCUT2D eigenvalue weighted by Gasteiger charge is 2.38. The average Bonchev–Trinajstić information content (AvgIpc) is 2.73. The summed E-state index contributed by atoms with van der Waals surface area (Å²) in [7, 11) is 0. The molecular formula is C11H16F3N3O3. The van der Waals surface area contributed by atoms with E-state index < -0.39 is 17.7 Å². The Labute approximate surface area is 113 Å². The molecule has 114 valence electrons. The first-order valence-corrected chi connectivity index (χ1v) is 5.77. The summed E-state index contributed by atoms with van der Waals surface area (Å²) in [5.74, 6) is -2.76. The third-order valence-electron chi connectivity index (χ3n) is 2.32. The largest absolute Gasteiger partial charge is 0.490 e. The summed E-state index contributed by atoms with van der Waals surface area (Å²) in [6.45, 7) is 5.89. The van der Waals surface area contributed by atoms with E-state index in [4.69, 9.17) is 9.90 Å². The lowest BCUT2D eigenvalue weighted by Crippen LogP contribution is -2.26. The number of hydrogen-bond donors (Lipinski definition) is 3. The van der Waals surface area contributed by atoms with Crippen LogP contribution in [-0.2, 0) is 24.4 Å². The second-order valence-corrected chi connectivity index (χ2v) is 5.02. The smallest absolute Gasteiger partial charge is 0.475 e. The lowest BCUT2D eigenvalue weighted by atomic mass is 10.1. The zero-order chi connectivity index (χ0) is 15.6.